The van der Waals surface area contributed by atoms with E-state index in [9.17, 15) is 25.1 Å². The molecule has 2 aromatic rings. The third-order valence-corrected chi connectivity index (χ3v) is 3.54. The number of nitrogens with one attached hydrogen (secondary N) is 2. The molecule has 0 fully saturated rings. The molecular weight excluding hydrogens is 344 g/mol. The van der Waals surface area contributed by atoms with Gasteiger partial charge < -0.3 is 25.3 Å². The number of aliphatic hydroxyl groups excluding tert-OH is 2. The summed E-state index contributed by atoms with van der Waals surface area (Å²) in [5.41, 5.74) is -0.240. The van der Waals surface area contributed by atoms with Crippen LogP contribution < -0.4 is 5.32 Å². The lowest BCUT2D eigenvalue weighted by Gasteiger charge is -2.21. The van der Waals surface area contributed by atoms with Crippen LogP contribution in [0.1, 0.15) is 38.9 Å². The SMILES string of the molecule is CC(C)(C)OC(=O)NCCC(O)C(O)c1cnc2[nH]cc([N+](=O)[O-])c2c1. The van der Waals surface area contributed by atoms with Gasteiger partial charge in [-0.3, -0.25) is 10.1 Å². The number of aromatic amines is 1. The first-order chi connectivity index (χ1) is 12.1. The Kier molecular flexibility index (Phi) is 5.78. The van der Waals surface area contributed by atoms with Crippen molar-refractivity contribution in [2.24, 2.45) is 0 Å². The van der Waals surface area contributed by atoms with Gasteiger partial charge in [-0.15, -0.1) is 0 Å². The Balaban J connectivity index is 1.98. The van der Waals surface area contributed by atoms with E-state index in [1.807, 2.05) is 0 Å². The van der Waals surface area contributed by atoms with E-state index in [0.29, 0.717) is 5.65 Å². The molecule has 10 heteroatoms. The summed E-state index contributed by atoms with van der Waals surface area (Å²) in [5.74, 6) is 0. The Morgan fingerprint density at radius 2 is 2.15 bits per heavy atom. The predicted octanol–water partition coefficient (Wildman–Crippen LogP) is 1.78. The van der Waals surface area contributed by atoms with E-state index in [1.165, 1.54) is 18.5 Å². The molecule has 0 saturated heterocycles. The van der Waals surface area contributed by atoms with Gasteiger partial charge in [0.05, 0.1) is 22.6 Å². The Bertz CT molecular complexity index is 798. The molecule has 0 saturated carbocycles. The summed E-state index contributed by atoms with van der Waals surface area (Å²) >= 11 is 0. The molecule has 0 radical (unpaired) electrons. The molecule has 0 aliphatic rings. The van der Waals surface area contributed by atoms with E-state index in [2.05, 4.69) is 15.3 Å². The maximum absolute atomic E-state index is 11.5. The molecule has 142 valence electrons. The lowest BCUT2D eigenvalue weighted by Crippen LogP contribution is -2.34. The fraction of sp³-hybridized carbons (Fsp3) is 0.500. The molecule has 2 aromatic heterocycles. The average Bonchev–Trinajstić information content (AvgIpc) is 2.95. The van der Waals surface area contributed by atoms with Gasteiger partial charge in [-0.25, -0.2) is 9.78 Å². The number of alkyl carbamates (subject to hydrolysis) is 1. The molecule has 26 heavy (non-hydrogen) atoms. The number of hydrogen-bond acceptors (Lipinski definition) is 7. The predicted molar refractivity (Wildman–Crippen MR) is 92.6 cm³/mol. The number of aromatic nitrogens is 2. The molecule has 2 rings (SSSR count). The zero-order valence-electron chi connectivity index (χ0n) is 14.7. The molecule has 0 spiro atoms. The molecule has 2 atom stereocenters. The van der Waals surface area contributed by atoms with Gasteiger partial charge in [0, 0.05) is 18.3 Å². The van der Waals surface area contributed by atoms with E-state index in [0.717, 1.165) is 0 Å². The highest BCUT2D eigenvalue weighted by atomic mass is 16.6. The zero-order chi connectivity index (χ0) is 19.5. The highest BCUT2D eigenvalue weighted by Gasteiger charge is 2.22. The number of H-pyrrole nitrogens is 1. The molecule has 10 nitrogen and oxygen atoms in total. The van der Waals surface area contributed by atoms with Gasteiger partial charge in [-0.05, 0) is 33.3 Å². The first-order valence-corrected chi connectivity index (χ1v) is 8.03. The van der Waals surface area contributed by atoms with Crippen LogP contribution in [0.2, 0.25) is 0 Å². The minimum Gasteiger partial charge on any atom is -0.444 e. The van der Waals surface area contributed by atoms with Gasteiger partial charge >= 0.3 is 6.09 Å². The summed E-state index contributed by atoms with van der Waals surface area (Å²) in [6.07, 6.45) is -0.505. The van der Waals surface area contributed by atoms with Crippen molar-refractivity contribution in [2.75, 3.05) is 6.54 Å². The molecule has 0 aliphatic heterocycles. The van der Waals surface area contributed by atoms with Crippen molar-refractivity contribution >= 4 is 22.8 Å². The van der Waals surface area contributed by atoms with Gasteiger partial charge in [0.25, 0.3) is 5.69 Å². The number of amides is 1. The van der Waals surface area contributed by atoms with E-state index < -0.39 is 28.8 Å². The summed E-state index contributed by atoms with van der Waals surface area (Å²) in [7, 11) is 0. The summed E-state index contributed by atoms with van der Waals surface area (Å²) in [5, 5.41) is 34.1. The Labute approximate surface area is 149 Å². The molecule has 0 bridgehead atoms. The normalized spacial score (nSPS) is 14.0. The second-order valence-electron chi connectivity index (χ2n) is 6.83. The summed E-state index contributed by atoms with van der Waals surface area (Å²) in [6.45, 7) is 5.28. The van der Waals surface area contributed by atoms with Crippen molar-refractivity contribution in [2.45, 2.75) is 45.0 Å². The molecule has 4 N–H and O–H groups in total. The van der Waals surface area contributed by atoms with Gasteiger partial charge in [0.2, 0.25) is 0 Å². The van der Waals surface area contributed by atoms with Crippen LogP contribution in [-0.4, -0.2) is 49.4 Å². The molecular formula is C16H22N4O6. The van der Waals surface area contributed by atoms with Crippen molar-refractivity contribution in [3.05, 3.63) is 34.1 Å². The molecule has 2 unspecified atom stereocenters. The minimum atomic E-state index is -1.30. The first kappa shape index (κ1) is 19.6. The lowest BCUT2D eigenvalue weighted by molar-refractivity contribution is -0.383. The smallest absolute Gasteiger partial charge is 0.407 e. The number of pyridine rings is 1. The second kappa shape index (κ2) is 7.67. The molecule has 0 aromatic carbocycles. The van der Waals surface area contributed by atoms with E-state index in [1.54, 1.807) is 20.8 Å². The number of ether oxygens (including phenoxy) is 1. The van der Waals surface area contributed by atoms with E-state index in [4.69, 9.17) is 4.74 Å². The van der Waals surface area contributed by atoms with Gasteiger partial charge in [-0.2, -0.15) is 0 Å². The summed E-state index contributed by atoms with van der Waals surface area (Å²) in [6, 6.07) is 1.41. The van der Waals surface area contributed by atoms with Gasteiger partial charge in [0.15, 0.2) is 0 Å². The van der Waals surface area contributed by atoms with Crippen LogP contribution in [0, 0.1) is 10.1 Å². The largest absolute Gasteiger partial charge is 0.444 e. The number of rotatable bonds is 6. The van der Waals surface area contributed by atoms with Crippen LogP contribution >= 0.6 is 0 Å². The zero-order valence-corrected chi connectivity index (χ0v) is 14.7. The van der Waals surface area contributed by atoms with Crippen molar-refractivity contribution in [1.82, 2.24) is 15.3 Å². The summed E-state index contributed by atoms with van der Waals surface area (Å²) in [4.78, 5) is 28.7. The molecule has 2 heterocycles. The average molecular weight is 366 g/mol. The van der Waals surface area contributed by atoms with Crippen LogP contribution in [-0.2, 0) is 4.74 Å². The number of fused-ring (bicyclic) bond motifs is 1. The number of hydrogen-bond donors (Lipinski definition) is 4. The van der Waals surface area contributed by atoms with Crippen molar-refractivity contribution in [3.63, 3.8) is 0 Å². The highest BCUT2D eigenvalue weighted by Crippen LogP contribution is 2.27. The van der Waals surface area contributed by atoms with Crippen LogP contribution in [0.25, 0.3) is 11.0 Å². The number of nitro groups is 1. The Hall–Kier alpha value is -2.72. The van der Waals surface area contributed by atoms with Crippen LogP contribution in [0.5, 0.6) is 0 Å². The Morgan fingerprint density at radius 3 is 2.77 bits per heavy atom. The van der Waals surface area contributed by atoms with E-state index in [-0.39, 0.29) is 29.6 Å². The fourth-order valence-corrected chi connectivity index (χ4v) is 2.33. The number of carbonyl (C=O) groups excluding carboxylic acids is 1. The van der Waals surface area contributed by atoms with Gasteiger partial charge in [-0.1, -0.05) is 0 Å². The van der Waals surface area contributed by atoms with Gasteiger partial charge in [0.1, 0.15) is 17.4 Å². The summed E-state index contributed by atoms with van der Waals surface area (Å²) < 4.78 is 5.07. The third kappa shape index (κ3) is 4.90. The second-order valence-corrected chi connectivity index (χ2v) is 6.83. The lowest BCUT2D eigenvalue weighted by atomic mass is 10.0. The molecule has 0 aliphatic carbocycles. The van der Waals surface area contributed by atoms with Crippen molar-refractivity contribution in [1.29, 1.82) is 0 Å². The monoisotopic (exact) mass is 366 g/mol. The number of carbonyl (C=O) groups is 1. The van der Waals surface area contributed by atoms with Crippen molar-refractivity contribution in [3.8, 4) is 0 Å². The molecule has 1 amide bonds. The first-order valence-electron chi connectivity index (χ1n) is 8.03. The fourth-order valence-electron chi connectivity index (χ4n) is 2.33. The number of nitrogens with zero attached hydrogens (tertiary/aromatic N) is 2. The third-order valence-electron chi connectivity index (χ3n) is 3.54. The highest BCUT2D eigenvalue weighted by molar-refractivity contribution is 5.86. The van der Waals surface area contributed by atoms with E-state index >= 15 is 0 Å². The van der Waals surface area contributed by atoms with Crippen LogP contribution in [0.15, 0.2) is 18.5 Å². The minimum absolute atomic E-state index is 0.0632. The van der Waals surface area contributed by atoms with Crippen LogP contribution in [0.4, 0.5) is 10.5 Å². The maximum Gasteiger partial charge on any atom is 0.407 e. The topological polar surface area (TPSA) is 151 Å². The van der Waals surface area contributed by atoms with Crippen LogP contribution in [0.3, 0.4) is 0 Å². The standard InChI is InChI=1S/C16H22N4O6/c1-16(2,3)26-15(23)17-5-4-12(21)13(22)9-6-10-11(20(24)25)8-19-14(10)18-7-9/h6-8,12-13,21-22H,4-5H2,1-3H3,(H,17,23)(H,18,19). The number of aliphatic hydroxyl groups is 2. The Morgan fingerprint density at radius 1 is 1.46 bits per heavy atom. The quantitative estimate of drug-likeness (QED) is 0.449. The van der Waals surface area contributed by atoms with Crippen molar-refractivity contribution < 1.29 is 24.7 Å². The maximum atomic E-state index is 11.5.